The van der Waals surface area contributed by atoms with E-state index in [1.165, 1.54) is 18.9 Å². The molecule has 1 aromatic carbocycles. The second-order valence-corrected chi connectivity index (χ2v) is 4.93. The van der Waals surface area contributed by atoms with Gasteiger partial charge in [-0.25, -0.2) is 0 Å². The molecule has 0 heterocycles. The minimum atomic E-state index is -0.984. The molecule has 94 valence electrons. The second-order valence-electron chi connectivity index (χ2n) is 3.88. The van der Waals surface area contributed by atoms with Crippen molar-refractivity contribution in [3.63, 3.8) is 0 Å². The van der Waals surface area contributed by atoms with Gasteiger partial charge in [0.15, 0.2) is 0 Å². The van der Waals surface area contributed by atoms with Gasteiger partial charge in [0, 0.05) is 10.6 Å². The van der Waals surface area contributed by atoms with Crippen molar-refractivity contribution in [2.75, 3.05) is 20.0 Å². The number of carbonyl (C=O) groups is 1. The van der Waals surface area contributed by atoms with Gasteiger partial charge in [-0.3, -0.25) is 4.79 Å². The van der Waals surface area contributed by atoms with Gasteiger partial charge in [-0.05, 0) is 25.1 Å². The number of thioether (sulfide) groups is 1. The first-order valence-corrected chi connectivity index (χ1v) is 6.12. The zero-order valence-corrected chi connectivity index (χ0v) is 11.0. The van der Waals surface area contributed by atoms with Crippen LogP contribution in [-0.2, 0) is 9.53 Å². The first-order chi connectivity index (χ1) is 7.99. The topological polar surface area (TPSA) is 61.5 Å². The Bertz CT molecular complexity index is 393. The van der Waals surface area contributed by atoms with E-state index in [9.17, 15) is 4.79 Å². The summed E-state index contributed by atoms with van der Waals surface area (Å²) in [6.45, 7) is 1.66. The van der Waals surface area contributed by atoms with Gasteiger partial charge in [0.1, 0.15) is 11.3 Å². The molecule has 1 unspecified atom stereocenters. The maximum absolute atomic E-state index is 11.4. The van der Waals surface area contributed by atoms with Crippen molar-refractivity contribution < 1.29 is 14.3 Å². The van der Waals surface area contributed by atoms with E-state index in [-0.39, 0.29) is 0 Å². The Morgan fingerprint density at radius 3 is 2.76 bits per heavy atom. The lowest BCUT2D eigenvalue weighted by Crippen LogP contribution is -2.48. The van der Waals surface area contributed by atoms with Gasteiger partial charge in [0.2, 0.25) is 0 Å². The van der Waals surface area contributed by atoms with Gasteiger partial charge >= 0.3 is 5.97 Å². The zero-order chi connectivity index (χ0) is 12.9. The molecule has 0 fully saturated rings. The Hall–Kier alpha value is -1.20. The van der Waals surface area contributed by atoms with E-state index in [0.29, 0.717) is 5.75 Å². The number of methoxy groups -OCH3 is 2. The maximum atomic E-state index is 11.4. The van der Waals surface area contributed by atoms with Gasteiger partial charge in [-0.15, -0.1) is 11.8 Å². The van der Waals surface area contributed by atoms with Gasteiger partial charge < -0.3 is 15.2 Å². The van der Waals surface area contributed by atoms with Crippen molar-refractivity contribution in [3.8, 4) is 5.75 Å². The smallest absolute Gasteiger partial charge is 0.326 e. The molecule has 0 aliphatic carbocycles. The van der Waals surface area contributed by atoms with Crippen LogP contribution in [0.5, 0.6) is 5.75 Å². The Morgan fingerprint density at radius 2 is 2.18 bits per heavy atom. The number of hydrogen-bond acceptors (Lipinski definition) is 5. The van der Waals surface area contributed by atoms with Gasteiger partial charge in [-0.1, -0.05) is 6.07 Å². The van der Waals surface area contributed by atoms with Crippen LogP contribution >= 0.6 is 11.8 Å². The Balaban J connectivity index is 2.63. The quantitative estimate of drug-likeness (QED) is 0.640. The molecule has 1 aromatic rings. The van der Waals surface area contributed by atoms with E-state index in [4.69, 9.17) is 10.5 Å². The first-order valence-electron chi connectivity index (χ1n) is 5.14. The van der Waals surface area contributed by atoms with E-state index in [1.807, 2.05) is 24.3 Å². The van der Waals surface area contributed by atoms with Crippen LogP contribution < -0.4 is 10.5 Å². The van der Waals surface area contributed by atoms with Crippen molar-refractivity contribution in [2.24, 2.45) is 5.73 Å². The highest BCUT2D eigenvalue weighted by Crippen LogP contribution is 2.25. The maximum Gasteiger partial charge on any atom is 0.326 e. The summed E-state index contributed by atoms with van der Waals surface area (Å²) in [7, 11) is 2.95. The molecule has 0 bridgehead atoms. The molecule has 5 heteroatoms. The van der Waals surface area contributed by atoms with Crippen molar-refractivity contribution in [1.82, 2.24) is 0 Å². The normalized spacial score (nSPS) is 13.9. The number of esters is 1. The average Bonchev–Trinajstić information content (AvgIpc) is 2.35. The molecular formula is C12H17NO3S. The molecule has 1 atom stereocenters. The van der Waals surface area contributed by atoms with Crippen LogP contribution in [0.1, 0.15) is 6.92 Å². The van der Waals surface area contributed by atoms with Crippen molar-refractivity contribution in [1.29, 1.82) is 0 Å². The molecule has 0 amide bonds. The van der Waals surface area contributed by atoms with Crippen LogP contribution in [-0.4, -0.2) is 31.5 Å². The Morgan fingerprint density at radius 1 is 1.47 bits per heavy atom. The number of hydrogen-bond donors (Lipinski definition) is 1. The van der Waals surface area contributed by atoms with E-state index >= 15 is 0 Å². The fourth-order valence-electron chi connectivity index (χ4n) is 1.22. The standard InChI is InChI=1S/C12H17NO3S/c1-12(13,11(14)16-3)8-17-10-6-4-5-9(7-10)15-2/h4-7H,8,13H2,1-3H3. The summed E-state index contributed by atoms with van der Waals surface area (Å²) in [5.41, 5.74) is 4.88. The monoisotopic (exact) mass is 255 g/mol. The zero-order valence-electron chi connectivity index (χ0n) is 10.2. The molecule has 17 heavy (non-hydrogen) atoms. The average molecular weight is 255 g/mol. The van der Waals surface area contributed by atoms with Crippen LogP contribution in [0.15, 0.2) is 29.2 Å². The molecule has 0 aliphatic rings. The lowest BCUT2D eigenvalue weighted by molar-refractivity contribution is -0.145. The molecule has 0 aromatic heterocycles. The molecule has 4 nitrogen and oxygen atoms in total. The van der Waals surface area contributed by atoms with Gasteiger partial charge in [-0.2, -0.15) is 0 Å². The predicted molar refractivity (Wildman–Crippen MR) is 68.3 cm³/mol. The van der Waals surface area contributed by atoms with E-state index < -0.39 is 11.5 Å². The van der Waals surface area contributed by atoms with Crippen LogP contribution in [0.25, 0.3) is 0 Å². The number of nitrogens with two attached hydrogens (primary N) is 1. The third kappa shape index (κ3) is 3.94. The fraction of sp³-hybridized carbons (Fsp3) is 0.417. The Kier molecular flexibility index (Phi) is 4.84. The summed E-state index contributed by atoms with van der Waals surface area (Å²) < 4.78 is 9.77. The number of carbonyl (C=O) groups excluding carboxylic acids is 1. The van der Waals surface area contributed by atoms with Gasteiger partial charge in [0.25, 0.3) is 0 Å². The predicted octanol–water partition coefficient (Wildman–Crippen LogP) is 1.68. The molecular weight excluding hydrogens is 238 g/mol. The van der Waals surface area contributed by atoms with Crippen molar-refractivity contribution in [3.05, 3.63) is 24.3 Å². The summed E-state index contributed by atoms with van der Waals surface area (Å²) in [5.74, 6) is 0.826. The molecule has 0 saturated carbocycles. The summed E-state index contributed by atoms with van der Waals surface area (Å²) >= 11 is 1.49. The third-order valence-electron chi connectivity index (χ3n) is 2.23. The molecule has 2 N–H and O–H groups in total. The SMILES string of the molecule is COC(=O)C(C)(N)CSc1cccc(OC)c1. The number of ether oxygens (including phenoxy) is 2. The summed E-state index contributed by atoms with van der Waals surface area (Å²) in [4.78, 5) is 12.4. The minimum Gasteiger partial charge on any atom is -0.497 e. The first kappa shape index (κ1) is 13.9. The largest absolute Gasteiger partial charge is 0.497 e. The van der Waals surface area contributed by atoms with Crippen LogP contribution in [0.3, 0.4) is 0 Å². The van der Waals surface area contributed by atoms with E-state index in [0.717, 1.165) is 10.6 Å². The summed E-state index contributed by atoms with van der Waals surface area (Å²) in [5, 5.41) is 0. The lowest BCUT2D eigenvalue weighted by atomic mass is 10.1. The highest BCUT2D eigenvalue weighted by atomic mass is 32.2. The van der Waals surface area contributed by atoms with Crippen LogP contribution in [0.2, 0.25) is 0 Å². The summed E-state index contributed by atoms with van der Waals surface area (Å²) in [6, 6.07) is 7.61. The Labute approximate surface area is 105 Å². The summed E-state index contributed by atoms with van der Waals surface area (Å²) in [6.07, 6.45) is 0. The fourth-order valence-corrected chi connectivity index (χ4v) is 2.17. The molecule has 0 spiro atoms. The highest BCUT2D eigenvalue weighted by molar-refractivity contribution is 7.99. The molecule has 1 rings (SSSR count). The third-order valence-corrected chi connectivity index (χ3v) is 3.56. The van der Waals surface area contributed by atoms with Gasteiger partial charge in [0.05, 0.1) is 14.2 Å². The minimum absolute atomic E-state index is 0.409. The number of rotatable bonds is 5. The van der Waals surface area contributed by atoms with Crippen LogP contribution in [0.4, 0.5) is 0 Å². The van der Waals surface area contributed by atoms with E-state index in [1.54, 1.807) is 14.0 Å². The second kappa shape index (κ2) is 5.93. The van der Waals surface area contributed by atoms with Crippen LogP contribution in [0, 0.1) is 0 Å². The lowest BCUT2D eigenvalue weighted by Gasteiger charge is -2.20. The highest BCUT2D eigenvalue weighted by Gasteiger charge is 2.29. The van der Waals surface area contributed by atoms with Crippen molar-refractivity contribution in [2.45, 2.75) is 17.4 Å². The van der Waals surface area contributed by atoms with E-state index in [2.05, 4.69) is 4.74 Å². The molecule has 0 aliphatic heterocycles. The molecule has 0 radical (unpaired) electrons. The van der Waals surface area contributed by atoms with Crippen molar-refractivity contribution >= 4 is 17.7 Å². The number of benzene rings is 1. The molecule has 0 saturated heterocycles.